The Balaban J connectivity index is 2.17. The van der Waals surface area contributed by atoms with Crippen LogP contribution >= 0.6 is 0 Å². The third kappa shape index (κ3) is 3.07. The van der Waals surface area contributed by atoms with Crippen molar-refractivity contribution < 1.29 is 18.0 Å². The fourth-order valence-electron chi connectivity index (χ4n) is 2.24. The Kier molecular flexibility index (Phi) is 3.80. The summed E-state index contributed by atoms with van der Waals surface area (Å²) in [6.07, 6.45) is -3.63. The zero-order valence-corrected chi connectivity index (χ0v) is 10.4. The zero-order chi connectivity index (χ0) is 14.0. The molecule has 1 aromatic rings. The molecule has 2 N–H and O–H groups in total. The number of para-hydroxylation sites is 1. The Morgan fingerprint density at radius 1 is 1.37 bits per heavy atom. The van der Waals surface area contributed by atoms with Gasteiger partial charge in [0.2, 0.25) is 5.91 Å². The standard InChI is InChI=1S/C13H15F3N2O/c1-8-6-7-17-11(8)12(19)18-10-5-3-2-4-9(10)13(14,15)16/h2-5,8,11,17H,6-7H2,1H3,(H,18,19). The molecule has 0 bridgehead atoms. The van der Waals surface area contributed by atoms with E-state index in [0.29, 0.717) is 6.54 Å². The number of rotatable bonds is 2. The first-order chi connectivity index (χ1) is 8.89. The van der Waals surface area contributed by atoms with E-state index in [1.165, 1.54) is 18.2 Å². The second-order valence-corrected chi connectivity index (χ2v) is 4.73. The van der Waals surface area contributed by atoms with Crippen LogP contribution in [0.25, 0.3) is 0 Å². The molecule has 2 unspecified atom stereocenters. The molecule has 0 saturated carbocycles. The maximum atomic E-state index is 12.8. The monoisotopic (exact) mass is 272 g/mol. The van der Waals surface area contributed by atoms with Gasteiger partial charge in [0.05, 0.1) is 17.3 Å². The average Bonchev–Trinajstić information content (AvgIpc) is 2.75. The summed E-state index contributed by atoms with van der Waals surface area (Å²) in [5.41, 5.74) is -1.02. The van der Waals surface area contributed by atoms with Gasteiger partial charge in [-0.25, -0.2) is 0 Å². The van der Waals surface area contributed by atoms with Gasteiger partial charge in [0.25, 0.3) is 0 Å². The lowest BCUT2D eigenvalue weighted by Crippen LogP contribution is -2.39. The van der Waals surface area contributed by atoms with Crippen LogP contribution in [0.1, 0.15) is 18.9 Å². The molecule has 1 fully saturated rings. The predicted molar refractivity (Wildman–Crippen MR) is 65.6 cm³/mol. The van der Waals surface area contributed by atoms with Crippen LogP contribution in [0.15, 0.2) is 24.3 Å². The number of alkyl halides is 3. The number of nitrogens with one attached hydrogen (secondary N) is 2. The van der Waals surface area contributed by atoms with E-state index < -0.39 is 23.7 Å². The van der Waals surface area contributed by atoms with Crippen LogP contribution in [-0.2, 0) is 11.0 Å². The van der Waals surface area contributed by atoms with Gasteiger partial charge < -0.3 is 10.6 Å². The van der Waals surface area contributed by atoms with Crippen molar-refractivity contribution in [3.8, 4) is 0 Å². The van der Waals surface area contributed by atoms with E-state index in [1.807, 2.05) is 6.92 Å². The van der Waals surface area contributed by atoms with Gasteiger partial charge in [0.15, 0.2) is 0 Å². The van der Waals surface area contributed by atoms with Gasteiger partial charge in [0.1, 0.15) is 0 Å². The van der Waals surface area contributed by atoms with E-state index in [2.05, 4.69) is 10.6 Å². The Hall–Kier alpha value is -1.56. The van der Waals surface area contributed by atoms with Gasteiger partial charge in [-0.2, -0.15) is 13.2 Å². The van der Waals surface area contributed by atoms with E-state index in [1.54, 1.807) is 0 Å². The molecule has 0 aliphatic carbocycles. The largest absolute Gasteiger partial charge is 0.418 e. The number of benzene rings is 1. The Morgan fingerprint density at radius 2 is 2.05 bits per heavy atom. The van der Waals surface area contributed by atoms with E-state index in [4.69, 9.17) is 0 Å². The number of hydrogen-bond acceptors (Lipinski definition) is 2. The molecule has 1 saturated heterocycles. The Bertz CT molecular complexity index is 473. The highest BCUT2D eigenvalue weighted by molar-refractivity contribution is 5.96. The lowest BCUT2D eigenvalue weighted by molar-refractivity contribution is -0.137. The summed E-state index contributed by atoms with van der Waals surface area (Å²) in [6.45, 7) is 2.61. The first kappa shape index (κ1) is 13.9. The topological polar surface area (TPSA) is 41.1 Å². The van der Waals surface area contributed by atoms with Gasteiger partial charge in [0, 0.05) is 0 Å². The smallest absolute Gasteiger partial charge is 0.324 e. The summed E-state index contributed by atoms with van der Waals surface area (Å²) in [4.78, 5) is 12.0. The summed E-state index contributed by atoms with van der Waals surface area (Å²) in [7, 11) is 0. The molecule has 1 aliphatic heterocycles. The SMILES string of the molecule is CC1CCNC1C(=O)Nc1ccccc1C(F)(F)F. The van der Waals surface area contributed by atoms with Gasteiger partial charge in [-0.3, -0.25) is 4.79 Å². The molecule has 19 heavy (non-hydrogen) atoms. The van der Waals surface area contributed by atoms with Crippen molar-refractivity contribution in [1.29, 1.82) is 0 Å². The minimum Gasteiger partial charge on any atom is -0.324 e. The fourth-order valence-corrected chi connectivity index (χ4v) is 2.24. The Morgan fingerprint density at radius 3 is 2.63 bits per heavy atom. The highest BCUT2D eigenvalue weighted by Gasteiger charge is 2.35. The van der Waals surface area contributed by atoms with Crippen molar-refractivity contribution in [3.05, 3.63) is 29.8 Å². The summed E-state index contributed by atoms with van der Waals surface area (Å²) < 4.78 is 38.4. The number of carbonyl (C=O) groups excluding carboxylic acids is 1. The third-order valence-corrected chi connectivity index (χ3v) is 3.31. The van der Waals surface area contributed by atoms with Gasteiger partial charge in [-0.1, -0.05) is 19.1 Å². The lowest BCUT2D eigenvalue weighted by Gasteiger charge is -2.18. The fraction of sp³-hybridized carbons (Fsp3) is 0.462. The number of halogens is 3. The number of anilines is 1. The van der Waals surface area contributed by atoms with Crippen molar-refractivity contribution in [1.82, 2.24) is 5.32 Å². The van der Waals surface area contributed by atoms with E-state index in [-0.39, 0.29) is 11.6 Å². The van der Waals surface area contributed by atoms with Crippen LogP contribution in [0.3, 0.4) is 0 Å². The molecule has 0 aromatic heterocycles. The normalized spacial score (nSPS) is 23.4. The number of amides is 1. The highest BCUT2D eigenvalue weighted by Crippen LogP contribution is 2.34. The first-order valence-corrected chi connectivity index (χ1v) is 6.10. The van der Waals surface area contributed by atoms with Crippen LogP contribution in [0, 0.1) is 5.92 Å². The summed E-state index contributed by atoms with van der Waals surface area (Å²) in [5, 5.41) is 5.36. The van der Waals surface area contributed by atoms with E-state index in [9.17, 15) is 18.0 Å². The maximum absolute atomic E-state index is 12.8. The predicted octanol–water partition coefficient (Wildman–Crippen LogP) is 2.64. The zero-order valence-electron chi connectivity index (χ0n) is 10.4. The molecule has 104 valence electrons. The van der Waals surface area contributed by atoms with Crippen LogP contribution in [0.2, 0.25) is 0 Å². The minimum atomic E-state index is -4.47. The molecular formula is C13H15F3N2O. The average molecular weight is 272 g/mol. The molecule has 2 rings (SSSR count). The molecule has 0 spiro atoms. The molecule has 1 amide bonds. The molecule has 0 radical (unpaired) electrons. The molecule has 1 aliphatic rings. The molecule has 2 atom stereocenters. The van der Waals surface area contributed by atoms with Gasteiger partial charge in [-0.15, -0.1) is 0 Å². The third-order valence-electron chi connectivity index (χ3n) is 3.31. The van der Waals surface area contributed by atoms with Crippen molar-refractivity contribution >= 4 is 11.6 Å². The van der Waals surface area contributed by atoms with E-state index >= 15 is 0 Å². The summed E-state index contributed by atoms with van der Waals surface area (Å²) in [5.74, 6) is -0.292. The molecular weight excluding hydrogens is 257 g/mol. The molecule has 1 heterocycles. The number of hydrogen-bond donors (Lipinski definition) is 2. The molecule has 6 heteroatoms. The second kappa shape index (κ2) is 5.21. The van der Waals surface area contributed by atoms with Crippen LogP contribution in [0.4, 0.5) is 18.9 Å². The van der Waals surface area contributed by atoms with Crippen molar-refractivity contribution in [2.24, 2.45) is 5.92 Å². The van der Waals surface area contributed by atoms with Crippen LogP contribution in [0.5, 0.6) is 0 Å². The summed E-state index contributed by atoms with van der Waals surface area (Å²) in [6, 6.07) is 4.56. The van der Waals surface area contributed by atoms with Crippen molar-refractivity contribution in [2.75, 3.05) is 11.9 Å². The molecule has 1 aromatic carbocycles. The van der Waals surface area contributed by atoms with Gasteiger partial charge >= 0.3 is 6.18 Å². The lowest BCUT2D eigenvalue weighted by atomic mass is 10.0. The van der Waals surface area contributed by atoms with Crippen molar-refractivity contribution in [2.45, 2.75) is 25.6 Å². The Labute approximate surface area is 109 Å². The second-order valence-electron chi connectivity index (χ2n) is 4.73. The number of carbonyl (C=O) groups is 1. The summed E-state index contributed by atoms with van der Waals surface area (Å²) >= 11 is 0. The minimum absolute atomic E-state index is 0.123. The van der Waals surface area contributed by atoms with Gasteiger partial charge in [-0.05, 0) is 31.0 Å². The quantitative estimate of drug-likeness (QED) is 0.869. The van der Waals surface area contributed by atoms with Crippen LogP contribution in [-0.4, -0.2) is 18.5 Å². The van der Waals surface area contributed by atoms with Crippen molar-refractivity contribution in [3.63, 3.8) is 0 Å². The maximum Gasteiger partial charge on any atom is 0.418 e. The van der Waals surface area contributed by atoms with E-state index in [0.717, 1.165) is 12.5 Å². The highest BCUT2D eigenvalue weighted by atomic mass is 19.4. The molecule has 3 nitrogen and oxygen atoms in total. The van der Waals surface area contributed by atoms with Crippen LogP contribution < -0.4 is 10.6 Å². The first-order valence-electron chi connectivity index (χ1n) is 6.10.